The van der Waals surface area contributed by atoms with Gasteiger partial charge in [0.15, 0.2) is 0 Å². The van der Waals surface area contributed by atoms with Gasteiger partial charge in [0.1, 0.15) is 18.0 Å². The first-order valence-corrected chi connectivity index (χ1v) is 9.29. The Morgan fingerprint density at radius 1 is 1.08 bits per heavy atom. The second-order valence-corrected chi connectivity index (χ2v) is 7.66. The number of hydrogen-bond donors (Lipinski definition) is 2. The van der Waals surface area contributed by atoms with Crippen molar-refractivity contribution in [2.75, 3.05) is 69.8 Å². The van der Waals surface area contributed by atoms with Crippen molar-refractivity contribution in [2.45, 2.75) is 12.8 Å². The standard InChI is InChI=1S/C18H31N5O2/c1-21(2)17-7-18(20-13-19-17)23-9-15(16(10-23)12-25)8-22-5-3-14(11-24)4-6-22/h7,13-16,24-25H,3-6,8-12H2,1-2H3/t15-,16-/m1/s1. The van der Waals surface area contributed by atoms with Crippen LogP contribution < -0.4 is 9.80 Å². The zero-order valence-corrected chi connectivity index (χ0v) is 15.4. The van der Waals surface area contributed by atoms with Crippen LogP contribution in [0.2, 0.25) is 0 Å². The van der Waals surface area contributed by atoms with E-state index < -0.39 is 0 Å². The average Bonchev–Trinajstić information content (AvgIpc) is 3.05. The Morgan fingerprint density at radius 3 is 2.44 bits per heavy atom. The molecule has 25 heavy (non-hydrogen) atoms. The lowest BCUT2D eigenvalue weighted by Crippen LogP contribution is -2.40. The van der Waals surface area contributed by atoms with Gasteiger partial charge in [-0.15, -0.1) is 0 Å². The van der Waals surface area contributed by atoms with Crippen molar-refractivity contribution >= 4 is 11.6 Å². The summed E-state index contributed by atoms with van der Waals surface area (Å²) in [4.78, 5) is 15.5. The second kappa shape index (κ2) is 8.29. The van der Waals surface area contributed by atoms with Crippen LogP contribution >= 0.6 is 0 Å². The van der Waals surface area contributed by atoms with Crippen molar-refractivity contribution in [3.63, 3.8) is 0 Å². The highest BCUT2D eigenvalue weighted by molar-refractivity contribution is 5.50. The summed E-state index contributed by atoms with van der Waals surface area (Å²) in [6.45, 7) is 5.43. The summed E-state index contributed by atoms with van der Waals surface area (Å²) in [6.07, 6.45) is 3.77. The highest BCUT2D eigenvalue weighted by Gasteiger charge is 2.35. The first kappa shape index (κ1) is 18.4. The lowest BCUT2D eigenvalue weighted by Gasteiger charge is -2.33. The fraction of sp³-hybridized carbons (Fsp3) is 0.778. The third-order valence-electron chi connectivity index (χ3n) is 5.69. The number of aliphatic hydroxyl groups excluding tert-OH is 2. The molecule has 2 aliphatic rings. The normalized spacial score (nSPS) is 25.5. The maximum atomic E-state index is 9.83. The van der Waals surface area contributed by atoms with E-state index in [0.29, 0.717) is 18.4 Å². The number of nitrogens with zero attached hydrogens (tertiary/aromatic N) is 5. The Hall–Kier alpha value is -1.44. The maximum Gasteiger partial charge on any atom is 0.134 e. The fourth-order valence-electron chi connectivity index (χ4n) is 3.98. The second-order valence-electron chi connectivity index (χ2n) is 7.66. The molecule has 1 aromatic heterocycles. The molecule has 1 aromatic rings. The van der Waals surface area contributed by atoms with Crippen LogP contribution in [-0.4, -0.2) is 85.1 Å². The Kier molecular flexibility index (Phi) is 6.09. The number of aromatic nitrogens is 2. The molecule has 0 aliphatic carbocycles. The van der Waals surface area contributed by atoms with Crippen molar-refractivity contribution in [1.82, 2.24) is 14.9 Å². The van der Waals surface area contributed by atoms with Gasteiger partial charge in [0.05, 0.1) is 0 Å². The van der Waals surface area contributed by atoms with Crippen LogP contribution in [0.25, 0.3) is 0 Å². The Labute approximate surface area is 150 Å². The fourth-order valence-corrected chi connectivity index (χ4v) is 3.98. The van der Waals surface area contributed by atoms with Crippen LogP contribution in [0.15, 0.2) is 12.4 Å². The quantitative estimate of drug-likeness (QED) is 0.764. The van der Waals surface area contributed by atoms with E-state index in [1.165, 1.54) is 0 Å². The summed E-state index contributed by atoms with van der Waals surface area (Å²) in [5.41, 5.74) is 0. The van der Waals surface area contributed by atoms with Crippen LogP contribution in [0.3, 0.4) is 0 Å². The average molecular weight is 349 g/mol. The van der Waals surface area contributed by atoms with Gasteiger partial charge in [-0.05, 0) is 37.8 Å². The number of piperidine rings is 1. The molecule has 2 aliphatic heterocycles. The van der Waals surface area contributed by atoms with Crippen molar-refractivity contribution in [2.24, 2.45) is 17.8 Å². The molecular weight excluding hydrogens is 318 g/mol. The molecule has 2 atom stereocenters. The number of hydrogen-bond acceptors (Lipinski definition) is 7. The van der Waals surface area contributed by atoms with E-state index in [4.69, 9.17) is 0 Å². The van der Waals surface area contributed by atoms with Crippen LogP contribution in [0, 0.1) is 17.8 Å². The topological polar surface area (TPSA) is 76.0 Å². The lowest BCUT2D eigenvalue weighted by molar-refractivity contribution is 0.106. The summed E-state index contributed by atoms with van der Waals surface area (Å²) < 4.78 is 0. The molecule has 0 amide bonds. The van der Waals surface area contributed by atoms with Crippen LogP contribution in [0.5, 0.6) is 0 Å². The molecule has 3 heterocycles. The number of rotatable bonds is 6. The number of anilines is 2. The summed E-state index contributed by atoms with van der Waals surface area (Å²) in [6, 6.07) is 2.02. The molecule has 3 rings (SSSR count). The van der Waals surface area contributed by atoms with Gasteiger partial charge in [-0.2, -0.15) is 0 Å². The van der Waals surface area contributed by atoms with Gasteiger partial charge < -0.3 is 24.9 Å². The summed E-state index contributed by atoms with van der Waals surface area (Å²) >= 11 is 0. The molecule has 0 saturated carbocycles. The Balaban J connectivity index is 1.61. The van der Waals surface area contributed by atoms with Crippen molar-refractivity contribution < 1.29 is 10.2 Å². The molecule has 0 bridgehead atoms. The number of aliphatic hydroxyl groups is 2. The Bertz CT molecular complexity index is 548. The minimum absolute atomic E-state index is 0.222. The predicted octanol–water partition coefficient (Wildman–Crippen LogP) is 0.292. The number of likely N-dealkylation sites (tertiary alicyclic amines) is 1. The summed E-state index contributed by atoms with van der Waals surface area (Å²) in [5.74, 6) is 3.05. The van der Waals surface area contributed by atoms with Crippen molar-refractivity contribution in [3.05, 3.63) is 12.4 Å². The summed E-state index contributed by atoms with van der Waals surface area (Å²) in [7, 11) is 3.96. The van der Waals surface area contributed by atoms with E-state index in [-0.39, 0.29) is 12.5 Å². The van der Waals surface area contributed by atoms with Gasteiger partial charge in [-0.1, -0.05) is 0 Å². The molecule has 0 spiro atoms. The first-order valence-electron chi connectivity index (χ1n) is 9.29. The molecule has 0 unspecified atom stereocenters. The van der Waals surface area contributed by atoms with E-state index >= 15 is 0 Å². The van der Waals surface area contributed by atoms with Crippen molar-refractivity contribution in [3.8, 4) is 0 Å². The zero-order valence-electron chi connectivity index (χ0n) is 15.4. The van der Waals surface area contributed by atoms with Crippen LogP contribution in [0.4, 0.5) is 11.6 Å². The van der Waals surface area contributed by atoms with Gasteiger partial charge >= 0.3 is 0 Å². The third-order valence-corrected chi connectivity index (χ3v) is 5.69. The smallest absolute Gasteiger partial charge is 0.134 e. The molecule has 2 N–H and O–H groups in total. The SMILES string of the molecule is CN(C)c1cc(N2C[C@@H](CN3CCC(CO)CC3)[C@@H](CO)C2)ncn1. The van der Waals surface area contributed by atoms with Gasteiger partial charge in [-0.3, -0.25) is 0 Å². The maximum absolute atomic E-state index is 9.83. The molecule has 7 heteroatoms. The zero-order chi connectivity index (χ0) is 17.8. The molecule has 2 saturated heterocycles. The van der Waals surface area contributed by atoms with E-state index in [0.717, 1.165) is 57.2 Å². The van der Waals surface area contributed by atoms with E-state index in [1.807, 2.05) is 25.1 Å². The predicted molar refractivity (Wildman–Crippen MR) is 98.9 cm³/mol. The third kappa shape index (κ3) is 4.40. The van der Waals surface area contributed by atoms with Gasteiger partial charge in [-0.25, -0.2) is 9.97 Å². The van der Waals surface area contributed by atoms with Gasteiger partial charge in [0.25, 0.3) is 0 Å². The van der Waals surface area contributed by atoms with Gasteiger partial charge in [0.2, 0.25) is 0 Å². The molecule has 0 aromatic carbocycles. The molecule has 140 valence electrons. The highest BCUT2D eigenvalue weighted by Crippen LogP contribution is 2.29. The Morgan fingerprint density at radius 2 is 1.80 bits per heavy atom. The largest absolute Gasteiger partial charge is 0.396 e. The van der Waals surface area contributed by atoms with E-state index in [2.05, 4.69) is 19.8 Å². The minimum atomic E-state index is 0.222. The molecule has 2 fully saturated rings. The monoisotopic (exact) mass is 349 g/mol. The van der Waals surface area contributed by atoms with Crippen LogP contribution in [0.1, 0.15) is 12.8 Å². The van der Waals surface area contributed by atoms with E-state index in [1.54, 1.807) is 6.33 Å². The van der Waals surface area contributed by atoms with Crippen LogP contribution in [-0.2, 0) is 0 Å². The minimum Gasteiger partial charge on any atom is -0.396 e. The molecule has 0 radical (unpaired) electrons. The lowest BCUT2D eigenvalue weighted by atomic mass is 9.93. The van der Waals surface area contributed by atoms with Gasteiger partial charge in [0, 0.05) is 58.9 Å². The molecule has 7 nitrogen and oxygen atoms in total. The summed E-state index contributed by atoms with van der Waals surface area (Å²) in [5, 5.41) is 19.1. The highest BCUT2D eigenvalue weighted by atomic mass is 16.3. The van der Waals surface area contributed by atoms with E-state index in [9.17, 15) is 10.2 Å². The first-order chi connectivity index (χ1) is 12.1. The van der Waals surface area contributed by atoms with Crippen molar-refractivity contribution in [1.29, 1.82) is 0 Å². The molecular formula is C18H31N5O2.